The fraction of sp³-hybridized carbons (Fsp3) is 0.278. The molecule has 0 saturated heterocycles. The van der Waals surface area contributed by atoms with E-state index in [-0.39, 0.29) is 16.7 Å². The van der Waals surface area contributed by atoms with Crippen LogP contribution >= 0.6 is 0 Å². The number of rotatable bonds is 6. The average molecular weight is 343 g/mol. The molecule has 2 N–H and O–H groups in total. The quantitative estimate of drug-likeness (QED) is 0.612. The van der Waals surface area contributed by atoms with Gasteiger partial charge >= 0.3 is 6.09 Å². The van der Waals surface area contributed by atoms with Crippen LogP contribution in [0.25, 0.3) is 0 Å². The van der Waals surface area contributed by atoms with E-state index in [9.17, 15) is 14.9 Å². The minimum Gasteiger partial charge on any atom is -0.453 e. The highest BCUT2D eigenvalue weighted by Crippen LogP contribution is 2.26. The molecule has 0 bridgehead atoms. The number of anilines is 1. The highest BCUT2D eigenvalue weighted by Gasteiger charge is 2.16. The molecule has 2 aromatic carbocycles. The van der Waals surface area contributed by atoms with Gasteiger partial charge in [0.1, 0.15) is 0 Å². The van der Waals surface area contributed by atoms with Gasteiger partial charge in [-0.25, -0.2) is 4.79 Å². The number of amides is 1. The Morgan fingerprint density at radius 1 is 1.24 bits per heavy atom. The Bertz CT molecular complexity index is 759. The fourth-order valence-electron chi connectivity index (χ4n) is 2.56. The third-order valence-electron chi connectivity index (χ3n) is 4.01. The van der Waals surface area contributed by atoms with Crippen molar-refractivity contribution >= 4 is 17.5 Å². The monoisotopic (exact) mass is 343 g/mol. The number of nitro groups is 1. The first-order valence-electron chi connectivity index (χ1n) is 7.83. The number of hydrogen-bond acceptors (Lipinski definition) is 5. The first kappa shape index (κ1) is 18.4. The Morgan fingerprint density at radius 2 is 1.92 bits per heavy atom. The minimum absolute atomic E-state index is 0.0345. The van der Waals surface area contributed by atoms with E-state index >= 15 is 0 Å². The number of carbonyl (C=O) groups excluding carboxylic acids is 1. The first-order chi connectivity index (χ1) is 11.9. The van der Waals surface area contributed by atoms with Crippen molar-refractivity contribution in [2.75, 3.05) is 12.4 Å². The minimum atomic E-state index is -0.513. The molecule has 0 saturated carbocycles. The van der Waals surface area contributed by atoms with E-state index < -0.39 is 6.09 Å². The Balaban J connectivity index is 2.00. The summed E-state index contributed by atoms with van der Waals surface area (Å²) >= 11 is 0. The highest BCUT2D eigenvalue weighted by atomic mass is 16.6. The van der Waals surface area contributed by atoms with Crippen LogP contribution in [0.4, 0.5) is 16.2 Å². The van der Waals surface area contributed by atoms with Crippen LogP contribution in [-0.4, -0.2) is 18.1 Å². The average Bonchev–Trinajstić information content (AvgIpc) is 2.60. The lowest BCUT2D eigenvalue weighted by atomic mass is 10.0. The van der Waals surface area contributed by atoms with E-state index in [1.54, 1.807) is 25.1 Å². The van der Waals surface area contributed by atoms with Crippen molar-refractivity contribution in [3.8, 4) is 0 Å². The van der Waals surface area contributed by atoms with Crippen molar-refractivity contribution < 1.29 is 14.5 Å². The molecule has 0 heterocycles. The number of ether oxygens (including phenoxy) is 1. The van der Waals surface area contributed by atoms with Gasteiger partial charge in [-0.3, -0.25) is 15.4 Å². The third kappa shape index (κ3) is 4.77. The normalized spacial score (nSPS) is 11.6. The van der Waals surface area contributed by atoms with Crippen LogP contribution in [-0.2, 0) is 11.3 Å². The summed E-state index contributed by atoms with van der Waals surface area (Å²) in [5, 5.41) is 17.0. The van der Waals surface area contributed by atoms with Gasteiger partial charge in [0.05, 0.1) is 12.0 Å². The number of carbonyl (C=O) groups is 1. The Morgan fingerprint density at radius 3 is 2.52 bits per heavy atom. The van der Waals surface area contributed by atoms with Crippen molar-refractivity contribution in [3.63, 3.8) is 0 Å². The fourth-order valence-corrected chi connectivity index (χ4v) is 2.56. The molecule has 132 valence electrons. The van der Waals surface area contributed by atoms with Crippen molar-refractivity contribution in [3.05, 3.63) is 69.3 Å². The lowest BCUT2D eigenvalue weighted by molar-refractivity contribution is -0.385. The van der Waals surface area contributed by atoms with Crippen molar-refractivity contribution in [2.24, 2.45) is 0 Å². The summed E-state index contributed by atoms with van der Waals surface area (Å²) in [6, 6.07) is 12.4. The molecule has 2 aromatic rings. The largest absolute Gasteiger partial charge is 0.453 e. The van der Waals surface area contributed by atoms with Gasteiger partial charge in [-0.15, -0.1) is 0 Å². The molecule has 7 nitrogen and oxygen atoms in total. The number of methoxy groups -OCH3 is 1. The summed E-state index contributed by atoms with van der Waals surface area (Å²) in [5.74, 6) is 0. The Labute approximate surface area is 146 Å². The summed E-state index contributed by atoms with van der Waals surface area (Å²) in [4.78, 5) is 21.8. The van der Waals surface area contributed by atoms with E-state index in [1.807, 2.05) is 25.1 Å². The second-order valence-electron chi connectivity index (χ2n) is 5.66. The van der Waals surface area contributed by atoms with Gasteiger partial charge < -0.3 is 10.1 Å². The lowest BCUT2D eigenvalue weighted by Gasteiger charge is -2.17. The van der Waals surface area contributed by atoms with Gasteiger partial charge in [-0.05, 0) is 37.1 Å². The molecule has 0 aliphatic carbocycles. The standard InChI is InChI=1S/C18H21N3O4/c1-12-16(5-4-6-17(12)21(23)24)13(2)19-11-14-7-9-15(10-8-14)20-18(22)25-3/h4-10,13,19H,11H2,1-3H3,(H,20,22). The topological polar surface area (TPSA) is 93.5 Å². The van der Waals surface area contributed by atoms with Crippen LogP contribution in [0.2, 0.25) is 0 Å². The lowest BCUT2D eigenvalue weighted by Crippen LogP contribution is -2.19. The van der Waals surface area contributed by atoms with Gasteiger partial charge in [-0.1, -0.05) is 24.3 Å². The molecule has 7 heteroatoms. The van der Waals surface area contributed by atoms with Gasteiger partial charge in [0, 0.05) is 29.9 Å². The molecule has 1 atom stereocenters. The maximum Gasteiger partial charge on any atom is 0.411 e. The number of nitrogens with zero attached hydrogens (tertiary/aromatic N) is 1. The molecule has 0 radical (unpaired) electrons. The summed E-state index contributed by atoms with van der Waals surface area (Å²) < 4.78 is 4.54. The van der Waals surface area contributed by atoms with Gasteiger partial charge in [0.15, 0.2) is 0 Å². The Kier molecular flexibility index (Phi) is 6.08. The van der Waals surface area contributed by atoms with Crippen LogP contribution in [0, 0.1) is 17.0 Å². The first-order valence-corrected chi connectivity index (χ1v) is 7.83. The van der Waals surface area contributed by atoms with Crippen LogP contribution in [0.1, 0.15) is 29.7 Å². The van der Waals surface area contributed by atoms with Gasteiger partial charge in [-0.2, -0.15) is 0 Å². The smallest absolute Gasteiger partial charge is 0.411 e. The number of benzene rings is 2. The zero-order chi connectivity index (χ0) is 18.4. The summed E-state index contributed by atoms with van der Waals surface area (Å²) in [6.45, 7) is 4.33. The molecule has 1 unspecified atom stereocenters. The SMILES string of the molecule is COC(=O)Nc1ccc(CNC(C)c2cccc([N+](=O)[O-])c2C)cc1. The predicted octanol–water partition coefficient (Wildman–Crippen LogP) is 3.93. The predicted molar refractivity (Wildman–Crippen MR) is 95.6 cm³/mol. The van der Waals surface area contributed by atoms with Crippen LogP contribution in [0.5, 0.6) is 0 Å². The van der Waals surface area contributed by atoms with E-state index in [0.717, 1.165) is 11.1 Å². The summed E-state index contributed by atoms with van der Waals surface area (Å²) in [6.07, 6.45) is -0.513. The van der Waals surface area contributed by atoms with Crippen molar-refractivity contribution in [1.29, 1.82) is 0 Å². The van der Waals surface area contributed by atoms with Crippen LogP contribution in [0.3, 0.4) is 0 Å². The second-order valence-corrected chi connectivity index (χ2v) is 5.66. The third-order valence-corrected chi connectivity index (χ3v) is 4.01. The van der Waals surface area contributed by atoms with E-state index in [1.165, 1.54) is 13.2 Å². The zero-order valence-corrected chi connectivity index (χ0v) is 14.4. The Hall–Kier alpha value is -2.93. The molecular weight excluding hydrogens is 322 g/mol. The van der Waals surface area contributed by atoms with Crippen LogP contribution < -0.4 is 10.6 Å². The van der Waals surface area contributed by atoms with E-state index in [2.05, 4.69) is 15.4 Å². The molecule has 2 rings (SSSR count). The molecular formula is C18H21N3O4. The summed E-state index contributed by atoms with van der Waals surface area (Å²) in [7, 11) is 1.31. The molecule has 0 spiro atoms. The molecule has 0 aliphatic rings. The maximum atomic E-state index is 11.2. The van der Waals surface area contributed by atoms with Gasteiger partial charge in [0.25, 0.3) is 5.69 Å². The summed E-state index contributed by atoms with van der Waals surface area (Å²) in [5.41, 5.74) is 3.39. The molecule has 0 fully saturated rings. The molecule has 0 aliphatic heterocycles. The van der Waals surface area contributed by atoms with Gasteiger partial charge in [0.2, 0.25) is 0 Å². The van der Waals surface area contributed by atoms with Crippen molar-refractivity contribution in [2.45, 2.75) is 26.4 Å². The molecule has 25 heavy (non-hydrogen) atoms. The number of nitro benzene ring substituents is 1. The highest BCUT2D eigenvalue weighted by molar-refractivity contribution is 5.84. The van der Waals surface area contributed by atoms with Crippen molar-refractivity contribution in [1.82, 2.24) is 5.32 Å². The second kappa shape index (κ2) is 8.25. The number of hydrogen-bond donors (Lipinski definition) is 2. The zero-order valence-electron chi connectivity index (χ0n) is 14.4. The molecule has 0 aromatic heterocycles. The maximum absolute atomic E-state index is 11.2. The van der Waals surface area contributed by atoms with E-state index in [0.29, 0.717) is 17.8 Å². The van der Waals surface area contributed by atoms with Crippen LogP contribution in [0.15, 0.2) is 42.5 Å². The number of nitrogens with one attached hydrogen (secondary N) is 2. The van der Waals surface area contributed by atoms with E-state index in [4.69, 9.17) is 0 Å². The molecule has 1 amide bonds.